The Morgan fingerprint density at radius 2 is 1.69 bits per heavy atom. The molecule has 0 aliphatic heterocycles. The summed E-state index contributed by atoms with van der Waals surface area (Å²) in [6, 6.07) is 17.2. The van der Waals surface area contributed by atoms with Crippen LogP contribution in [-0.2, 0) is 10.0 Å². The first-order valence-electron chi connectivity index (χ1n) is 10.2. The van der Waals surface area contributed by atoms with Crippen molar-refractivity contribution in [1.82, 2.24) is 14.3 Å². The predicted octanol–water partition coefficient (Wildman–Crippen LogP) is 4.64. The van der Waals surface area contributed by atoms with E-state index < -0.39 is 10.0 Å². The van der Waals surface area contributed by atoms with Crippen LogP contribution in [0, 0.1) is 0 Å². The third-order valence-corrected chi connectivity index (χ3v) is 8.11. The summed E-state index contributed by atoms with van der Waals surface area (Å²) in [5.74, 6) is -0.311. The summed E-state index contributed by atoms with van der Waals surface area (Å²) < 4.78 is 26.6. The van der Waals surface area contributed by atoms with E-state index in [1.54, 1.807) is 20.0 Å². The molecule has 4 aromatic rings. The molecular formula is C23H22N4O3S2. The van der Waals surface area contributed by atoms with E-state index in [-0.39, 0.29) is 10.8 Å². The number of hydrogen-bond acceptors (Lipinski definition) is 6. The second-order valence-electron chi connectivity index (χ2n) is 6.99. The van der Waals surface area contributed by atoms with Crippen LogP contribution in [0.3, 0.4) is 0 Å². The van der Waals surface area contributed by atoms with Crippen LogP contribution in [0.4, 0.5) is 5.69 Å². The normalized spacial score (nSPS) is 11.7. The maximum Gasteiger partial charge on any atom is 0.255 e. The lowest BCUT2D eigenvalue weighted by Crippen LogP contribution is -2.30. The Labute approximate surface area is 190 Å². The molecule has 9 heteroatoms. The number of amides is 1. The number of hydrogen-bond donors (Lipinski definition) is 1. The molecule has 1 amide bonds. The van der Waals surface area contributed by atoms with Crippen LogP contribution < -0.4 is 5.32 Å². The molecule has 2 aromatic heterocycles. The Hall–Kier alpha value is -3.14. The van der Waals surface area contributed by atoms with Gasteiger partial charge in [-0.2, -0.15) is 4.31 Å². The lowest BCUT2D eigenvalue weighted by atomic mass is 10.2. The zero-order valence-corrected chi connectivity index (χ0v) is 19.3. The molecule has 0 saturated heterocycles. The Balaban J connectivity index is 1.47. The van der Waals surface area contributed by atoms with Gasteiger partial charge in [-0.05, 0) is 60.7 Å². The molecule has 0 atom stereocenters. The predicted molar refractivity (Wildman–Crippen MR) is 127 cm³/mol. The highest BCUT2D eigenvalue weighted by Gasteiger charge is 2.21. The van der Waals surface area contributed by atoms with Crippen LogP contribution in [0.25, 0.3) is 20.9 Å². The monoisotopic (exact) mass is 466 g/mol. The first-order valence-corrected chi connectivity index (χ1v) is 12.4. The molecule has 0 spiro atoms. The molecule has 1 N–H and O–H groups in total. The van der Waals surface area contributed by atoms with Crippen LogP contribution in [0.5, 0.6) is 0 Å². The van der Waals surface area contributed by atoms with Gasteiger partial charge in [0.2, 0.25) is 10.0 Å². The van der Waals surface area contributed by atoms with Crippen molar-refractivity contribution in [3.8, 4) is 10.6 Å². The van der Waals surface area contributed by atoms with Crippen molar-refractivity contribution in [3.63, 3.8) is 0 Å². The second kappa shape index (κ2) is 9.15. The van der Waals surface area contributed by atoms with Crippen LogP contribution in [0.2, 0.25) is 0 Å². The van der Waals surface area contributed by atoms with E-state index >= 15 is 0 Å². The van der Waals surface area contributed by atoms with Crippen molar-refractivity contribution in [2.45, 2.75) is 18.7 Å². The van der Waals surface area contributed by atoms with E-state index in [2.05, 4.69) is 15.3 Å². The molecule has 2 heterocycles. The van der Waals surface area contributed by atoms with E-state index in [1.807, 2.05) is 36.4 Å². The largest absolute Gasteiger partial charge is 0.322 e. The summed E-state index contributed by atoms with van der Waals surface area (Å²) in [6.45, 7) is 4.37. The first kappa shape index (κ1) is 22.1. The zero-order chi connectivity index (χ0) is 22.7. The number of aromatic nitrogens is 2. The number of nitrogens with one attached hydrogen (secondary N) is 1. The summed E-state index contributed by atoms with van der Waals surface area (Å²) in [6.07, 6.45) is 1.74. The van der Waals surface area contributed by atoms with Crippen molar-refractivity contribution >= 4 is 43.3 Å². The van der Waals surface area contributed by atoms with Crippen LogP contribution in [0.15, 0.2) is 71.8 Å². The van der Waals surface area contributed by atoms with Crippen molar-refractivity contribution in [1.29, 1.82) is 0 Å². The molecule has 0 fully saturated rings. The molecule has 0 aliphatic rings. The van der Waals surface area contributed by atoms with Gasteiger partial charge in [0, 0.05) is 36.1 Å². The van der Waals surface area contributed by atoms with Gasteiger partial charge in [-0.25, -0.2) is 18.4 Å². The summed E-state index contributed by atoms with van der Waals surface area (Å²) in [5.41, 5.74) is 2.82. The van der Waals surface area contributed by atoms with Crippen molar-refractivity contribution in [3.05, 3.63) is 72.4 Å². The van der Waals surface area contributed by atoms with Gasteiger partial charge in [0.05, 0.1) is 4.90 Å². The minimum absolute atomic E-state index is 0.174. The lowest BCUT2D eigenvalue weighted by Gasteiger charge is -2.18. The molecule has 164 valence electrons. The minimum Gasteiger partial charge on any atom is -0.322 e. The average Bonchev–Trinajstić information content (AvgIpc) is 3.24. The molecular weight excluding hydrogens is 444 g/mol. The smallest absolute Gasteiger partial charge is 0.255 e. The fraction of sp³-hybridized carbons (Fsp3) is 0.174. The number of benzene rings is 2. The van der Waals surface area contributed by atoms with Gasteiger partial charge in [0.25, 0.3) is 5.91 Å². The number of fused-ring (bicyclic) bond motifs is 1. The fourth-order valence-electron chi connectivity index (χ4n) is 3.28. The molecule has 0 radical (unpaired) electrons. The Bertz CT molecular complexity index is 1310. The average molecular weight is 467 g/mol. The fourth-order valence-corrected chi connectivity index (χ4v) is 5.65. The van der Waals surface area contributed by atoms with Crippen LogP contribution in [-0.4, -0.2) is 41.7 Å². The molecule has 0 bridgehead atoms. The standard InChI is InChI=1S/C23H22N4O3S2/c1-3-27(4-2)32(29,30)19-13-9-16(10-14-19)21(28)25-18-11-7-17(8-12-18)22-26-20-6-5-15-24-23(20)31-22/h5-15H,3-4H2,1-2H3,(H,25,28). The summed E-state index contributed by atoms with van der Waals surface area (Å²) in [5, 5.41) is 3.70. The van der Waals surface area contributed by atoms with Gasteiger partial charge in [0.1, 0.15) is 15.4 Å². The van der Waals surface area contributed by atoms with Crippen LogP contribution in [0.1, 0.15) is 24.2 Å². The van der Waals surface area contributed by atoms with E-state index in [0.717, 1.165) is 20.9 Å². The number of rotatable bonds is 7. The second-order valence-corrected chi connectivity index (χ2v) is 9.91. The summed E-state index contributed by atoms with van der Waals surface area (Å²) in [7, 11) is -3.55. The summed E-state index contributed by atoms with van der Waals surface area (Å²) >= 11 is 1.51. The van der Waals surface area contributed by atoms with Gasteiger partial charge in [-0.15, -0.1) is 0 Å². The van der Waals surface area contributed by atoms with Gasteiger partial charge >= 0.3 is 0 Å². The molecule has 7 nitrogen and oxygen atoms in total. The van der Waals surface area contributed by atoms with E-state index in [4.69, 9.17) is 0 Å². The van der Waals surface area contributed by atoms with Crippen molar-refractivity contribution < 1.29 is 13.2 Å². The van der Waals surface area contributed by atoms with Crippen molar-refractivity contribution in [2.24, 2.45) is 0 Å². The first-order chi connectivity index (χ1) is 15.4. The number of carbonyl (C=O) groups excluding carboxylic acids is 1. The van der Waals surface area contributed by atoms with Gasteiger partial charge in [-0.1, -0.05) is 25.2 Å². The molecule has 4 rings (SSSR count). The number of sulfonamides is 1. The Kier molecular flexibility index (Phi) is 6.31. The van der Waals surface area contributed by atoms with E-state index in [0.29, 0.717) is 24.3 Å². The zero-order valence-electron chi connectivity index (χ0n) is 17.6. The molecule has 0 saturated carbocycles. The Morgan fingerprint density at radius 1 is 1.00 bits per heavy atom. The topological polar surface area (TPSA) is 92.3 Å². The quantitative estimate of drug-likeness (QED) is 0.428. The third-order valence-electron chi connectivity index (χ3n) is 5.02. The highest BCUT2D eigenvalue weighted by Crippen LogP contribution is 2.29. The maximum absolute atomic E-state index is 12.6. The summed E-state index contributed by atoms with van der Waals surface area (Å²) in [4.78, 5) is 22.6. The number of carbonyl (C=O) groups is 1. The van der Waals surface area contributed by atoms with Crippen molar-refractivity contribution in [2.75, 3.05) is 18.4 Å². The lowest BCUT2D eigenvalue weighted by molar-refractivity contribution is 0.102. The third kappa shape index (κ3) is 4.40. The molecule has 0 unspecified atom stereocenters. The van der Waals surface area contributed by atoms with Gasteiger partial charge < -0.3 is 5.32 Å². The van der Waals surface area contributed by atoms with Crippen LogP contribution >= 0.6 is 11.3 Å². The number of pyridine rings is 1. The molecule has 0 aliphatic carbocycles. The molecule has 2 aromatic carbocycles. The van der Waals surface area contributed by atoms with E-state index in [9.17, 15) is 13.2 Å². The number of nitrogens with zero attached hydrogens (tertiary/aromatic N) is 3. The highest BCUT2D eigenvalue weighted by molar-refractivity contribution is 7.89. The van der Waals surface area contributed by atoms with E-state index in [1.165, 1.54) is 39.9 Å². The number of thiazole rings is 1. The highest BCUT2D eigenvalue weighted by atomic mass is 32.2. The minimum atomic E-state index is -3.55. The SMILES string of the molecule is CCN(CC)S(=O)(=O)c1ccc(C(=O)Nc2ccc(-c3nc4cccnc4s3)cc2)cc1. The van der Waals surface area contributed by atoms with Gasteiger partial charge in [-0.3, -0.25) is 4.79 Å². The Morgan fingerprint density at radius 3 is 2.31 bits per heavy atom. The molecule has 32 heavy (non-hydrogen) atoms. The number of anilines is 1. The van der Waals surface area contributed by atoms with Gasteiger partial charge in [0.15, 0.2) is 0 Å². The maximum atomic E-state index is 12.6.